The van der Waals surface area contributed by atoms with Crippen LogP contribution in [0.5, 0.6) is 0 Å². The number of carbonyl (C=O) groups excluding carboxylic acids is 1. The van der Waals surface area contributed by atoms with Gasteiger partial charge in [-0.3, -0.25) is 0 Å². The number of carbonyl (C=O) groups is 1. The third-order valence-electron chi connectivity index (χ3n) is 3.97. The molecule has 0 radical (unpaired) electrons. The predicted octanol–water partition coefficient (Wildman–Crippen LogP) is 4.74. The van der Waals surface area contributed by atoms with E-state index in [-0.39, 0.29) is 30.8 Å². The molecule has 0 aromatic rings. The van der Waals surface area contributed by atoms with E-state index < -0.39 is 20.0 Å². The number of hydrogen-bond acceptors (Lipinski definition) is 4. The first kappa shape index (κ1) is 25.6. The molecule has 0 aliphatic carbocycles. The van der Waals surface area contributed by atoms with Crippen molar-refractivity contribution in [1.82, 2.24) is 14.4 Å². The van der Waals surface area contributed by atoms with E-state index in [1.165, 1.54) is 0 Å². The Morgan fingerprint density at radius 1 is 0.923 bits per heavy atom. The molecule has 0 atom stereocenters. The standard InChI is InChI=1S/C17H37F3N3O2P/c1-10-11-25-26(21-16(24)17(18,19)20,22(12(2)3)13(4)5)23(14(6)7)15(8)9/h12-15,26H,10-11H2,1-9H3,(H,21,24). The monoisotopic (exact) mass is 403 g/mol. The molecular formula is C17H37F3N3O2P. The zero-order valence-corrected chi connectivity index (χ0v) is 18.6. The molecule has 1 amide bonds. The van der Waals surface area contributed by atoms with Crippen molar-refractivity contribution in [3.05, 3.63) is 0 Å². The molecule has 158 valence electrons. The van der Waals surface area contributed by atoms with Gasteiger partial charge in [-0.1, -0.05) is 0 Å². The molecular weight excluding hydrogens is 366 g/mol. The van der Waals surface area contributed by atoms with Crippen molar-refractivity contribution >= 4 is 13.8 Å². The summed E-state index contributed by atoms with van der Waals surface area (Å²) in [7, 11) is -3.65. The van der Waals surface area contributed by atoms with Gasteiger partial charge in [0, 0.05) is 0 Å². The van der Waals surface area contributed by atoms with Crippen molar-refractivity contribution in [2.45, 2.75) is 99.1 Å². The molecule has 0 aromatic carbocycles. The molecule has 0 fully saturated rings. The molecule has 0 unspecified atom stereocenters. The maximum absolute atomic E-state index is 13.2. The van der Waals surface area contributed by atoms with E-state index in [4.69, 9.17) is 4.52 Å². The second kappa shape index (κ2) is 10.2. The summed E-state index contributed by atoms with van der Waals surface area (Å²) in [6.45, 7) is 17.5. The van der Waals surface area contributed by atoms with Gasteiger partial charge in [-0.05, 0) is 0 Å². The minimum absolute atomic E-state index is 0.105. The van der Waals surface area contributed by atoms with Gasteiger partial charge in [0.1, 0.15) is 0 Å². The van der Waals surface area contributed by atoms with Gasteiger partial charge in [0.25, 0.3) is 0 Å². The SMILES string of the molecule is CCCO[PH](NC(=O)C(F)(F)F)(N(C(C)C)C(C)C)N(C(C)C)C(C)C. The van der Waals surface area contributed by atoms with Crippen LogP contribution in [-0.4, -0.2) is 52.2 Å². The van der Waals surface area contributed by atoms with E-state index in [0.717, 1.165) is 0 Å². The van der Waals surface area contributed by atoms with E-state index in [2.05, 4.69) is 5.09 Å². The molecule has 26 heavy (non-hydrogen) atoms. The first-order valence-corrected chi connectivity index (χ1v) is 11.1. The van der Waals surface area contributed by atoms with Gasteiger partial charge in [0.2, 0.25) is 0 Å². The Labute approximate surface area is 157 Å². The van der Waals surface area contributed by atoms with Crippen LogP contribution in [0.2, 0.25) is 0 Å². The predicted molar refractivity (Wildman–Crippen MR) is 103 cm³/mol. The van der Waals surface area contributed by atoms with E-state index in [9.17, 15) is 18.0 Å². The van der Waals surface area contributed by atoms with Gasteiger partial charge in [0.05, 0.1) is 0 Å². The number of halogens is 3. The van der Waals surface area contributed by atoms with Crippen LogP contribution in [-0.2, 0) is 9.32 Å². The van der Waals surface area contributed by atoms with Crippen LogP contribution < -0.4 is 5.09 Å². The summed E-state index contributed by atoms with van der Waals surface area (Å²) in [6, 6.07) is -0.418. The Hall–Kier alpha value is -0.430. The van der Waals surface area contributed by atoms with Crippen LogP contribution in [0.1, 0.15) is 68.7 Å². The molecule has 0 aromatic heterocycles. The molecule has 0 heterocycles. The van der Waals surface area contributed by atoms with Crippen molar-refractivity contribution < 1.29 is 22.5 Å². The van der Waals surface area contributed by atoms with Crippen molar-refractivity contribution in [2.24, 2.45) is 0 Å². The van der Waals surface area contributed by atoms with Gasteiger partial charge in [-0.25, -0.2) is 0 Å². The van der Waals surface area contributed by atoms with E-state index in [1.807, 2.05) is 71.7 Å². The Bertz CT molecular complexity index is 407. The first-order valence-electron chi connectivity index (χ1n) is 9.32. The number of hydrogen-bond donors (Lipinski definition) is 1. The van der Waals surface area contributed by atoms with Crippen LogP contribution in [0.4, 0.5) is 13.2 Å². The quantitative estimate of drug-likeness (QED) is 0.535. The summed E-state index contributed by atoms with van der Waals surface area (Å²) >= 11 is 0. The summed E-state index contributed by atoms with van der Waals surface area (Å²) < 4.78 is 49.5. The number of alkyl halides is 3. The summed E-state index contributed by atoms with van der Waals surface area (Å²) in [5.74, 6) is -1.95. The molecule has 0 aliphatic rings. The van der Waals surface area contributed by atoms with E-state index >= 15 is 0 Å². The molecule has 0 bridgehead atoms. The van der Waals surface area contributed by atoms with Crippen LogP contribution in [0.15, 0.2) is 0 Å². The third-order valence-corrected chi connectivity index (χ3v) is 8.59. The molecule has 5 nitrogen and oxygen atoms in total. The third kappa shape index (κ3) is 6.32. The Balaban J connectivity index is 6.54. The minimum atomic E-state index is -4.97. The Morgan fingerprint density at radius 2 is 1.27 bits per heavy atom. The zero-order chi connectivity index (χ0) is 20.9. The molecule has 0 rings (SSSR count). The van der Waals surface area contributed by atoms with Crippen LogP contribution in [0.25, 0.3) is 0 Å². The maximum atomic E-state index is 13.2. The summed E-state index contributed by atoms with van der Waals surface area (Å²) in [5, 5.41) is 2.34. The normalized spacial score (nSPS) is 14.4. The molecule has 0 saturated heterocycles. The van der Waals surface area contributed by atoms with Gasteiger partial charge in [-0.2, -0.15) is 0 Å². The van der Waals surface area contributed by atoms with Crippen molar-refractivity contribution in [1.29, 1.82) is 0 Å². The number of nitrogens with one attached hydrogen (secondary N) is 1. The average molecular weight is 403 g/mol. The summed E-state index contributed by atoms with van der Waals surface area (Å²) in [4.78, 5) is 12.0. The fraction of sp³-hybridized carbons (Fsp3) is 0.941. The second-order valence-electron chi connectivity index (χ2n) is 7.60. The van der Waals surface area contributed by atoms with Gasteiger partial charge in [0.15, 0.2) is 0 Å². The average Bonchev–Trinajstić information content (AvgIpc) is 2.42. The fourth-order valence-corrected chi connectivity index (χ4v) is 8.12. The zero-order valence-electron chi connectivity index (χ0n) is 17.6. The number of nitrogens with zero attached hydrogens (tertiary/aromatic N) is 2. The molecule has 0 aliphatic heterocycles. The van der Waals surface area contributed by atoms with Crippen molar-refractivity contribution in [3.8, 4) is 0 Å². The van der Waals surface area contributed by atoms with Gasteiger partial charge in [-0.15, -0.1) is 0 Å². The fourth-order valence-electron chi connectivity index (χ4n) is 3.50. The van der Waals surface area contributed by atoms with E-state index in [0.29, 0.717) is 6.42 Å². The van der Waals surface area contributed by atoms with Crippen LogP contribution in [0.3, 0.4) is 0 Å². The number of rotatable bonds is 10. The van der Waals surface area contributed by atoms with Gasteiger partial charge >= 0.3 is 156 Å². The Kier molecular flexibility index (Phi) is 10.0. The summed E-state index contributed by atoms with van der Waals surface area (Å²) in [5.41, 5.74) is 0. The van der Waals surface area contributed by atoms with Gasteiger partial charge < -0.3 is 0 Å². The van der Waals surface area contributed by atoms with E-state index in [1.54, 1.807) is 0 Å². The Morgan fingerprint density at radius 3 is 1.50 bits per heavy atom. The topological polar surface area (TPSA) is 44.8 Å². The molecule has 9 heteroatoms. The number of amides is 1. The van der Waals surface area contributed by atoms with Crippen LogP contribution >= 0.6 is 7.94 Å². The second-order valence-corrected chi connectivity index (χ2v) is 10.4. The molecule has 0 saturated carbocycles. The molecule has 1 N–H and O–H groups in total. The van der Waals surface area contributed by atoms with Crippen molar-refractivity contribution in [2.75, 3.05) is 6.61 Å². The first-order chi connectivity index (χ1) is 11.7. The molecule has 0 spiro atoms. The van der Waals surface area contributed by atoms with Crippen LogP contribution in [0, 0.1) is 0 Å². The van der Waals surface area contributed by atoms with Crippen molar-refractivity contribution in [3.63, 3.8) is 0 Å². The summed E-state index contributed by atoms with van der Waals surface area (Å²) in [6.07, 6.45) is -4.32.